The molecule has 0 aromatic carbocycles. The van der Waals surface area contributed by atoms with E-state index in [1.165, 1.54) is 5.56 Å². The summed E-state index contributed by atoms with van der Waals surface area (Å²) < 4.78 is 1.09. The smallest absolute Gasteiger partial charge is 0.0570 e. The molecule has 0 unspecified atom stereocenters. The number of aryl methyl sites for hydroxylation is 1. The molecule has 0 saturated heterocycles. The molecule has 1 aromatic heterocycles. The average Bonchev–Trinajstić information content (AvgIpc) is 1.87. The highest BCUT2D eigenvalue weighted by Crippen LogP contribution is 2.16. The molecule has 0 aliphatic carbocycles. The quantitative estimate of drug-likeness (QED) is 0.512. The maximum Gasteiger partial charge on any atom is 0.0570 e. The van der Waals surface area contributed by atoms with Gasteiger partial charge in [-0.1, -0.05) is 0 Å². The van der Waals surface area contributed by atoms with Gasteiger partial charge in [-0.2, -0.15) is 0 Å². The molecular formula is C5H6S2. The zero-order valence-electron chi connectivity index (χ0n) is 4.01. The summed E-state index contributed by atoms with van der Waals surface area (Å²) in [5.41, 5.74) is 1.30. The molecule has 1 heterocycles. The van der Waals surface area contributed by atoms with Crippen molar-refractivity contribution in [3.63, 3.8) is 0 Å². The summed E-state index contributed by atoms with van der Waals surface area (Å²) in [6, 6.07) is 2.05. The minimum absolute atomic E-state index is 1.09. The van der Waals surface area contributed by atoms with Gasteiger partial charge in [0.1, 0.15) is 0 Å². The Labute approximate surface area is 52.6 Å². The number of thiol groups is 1. The van der Waals surface area contributed by atoms with Gasteiger partial charge in [0.05, 0.1) is 4.21 Å². The van der Waals surface area contributed by atoms with E-state index in [-0.39, 0.29) is 0 Å². The van der Waals surface area contributed by atoms with Crippen molar-refractivity contribution in [2.45, 2.75) is 11.1 Å². The minimum atomic E-state index is 1.09. The van der Waals surface area contributed by atoms with Crippen LogP contribution in [0.2, 0.25) is 0 Å². The van der Waals surface area contributed by atoms with E-state index in [1.807, 2.05) is 6.07 Å². The van der Waals surface area contributed by atoms with Crippen LogP contribution in [0.15, 0.2) is 15.7 Å². The summed E-state index contributed by atoms with van der Waals surface area (Å²) in [6.45, 7) is 2.07. The third kappa shape index (κ3) is 1.21. The van der Waals surface area contributed by atoms with E-state index in [0.29, 0.717) is 0 Å². The van der Waals surface area contributed by atoms with Crippen LogP contribution in [0, 0.1) is 6.92 Å². The molecule has 1 rings (SSSR count). The molecule has 0 amide bonds. The fourth-order valence-electron chi connectivity index (χ4n) is 0.416. The van der Waals surface area contributed by atoms with Crippen molar-refractivity contribution in [1.29, 1.82) is 0 Å². The first-order valence-electron chi connectivity index (χ1n) is 2.03. The summed E-state index contributed by atoms with van der Waals surface area (Å²) in [7, 11) is 0. The Morgan fingerprint density at radius 3 is 2.57 bits per heavy atom. The third-order valence-corrected chi connectivity index (χ3v) is 2.01. The fourth-order valence-corrected chi connectivity index (χ4v) is 1.41. The van der Waals surface area contributed by atoms with Crippen molar-refractivity contribution in [1.82, 2.24) is 0 Å². The first-order valence-corrected chi connectivity index (χ1v) is 3.36. The van der Waals surface area contributed by atoms with Gasteiger partial charge in [0.2, 0.25) is 0 Å². The molecule has 0 aliphatic heterocycles. The predicted octanol–water partition coefficient (Wildman–Crippen LogP) is 2.35. The van der Waals surface area contributed by atoms with Crippen molar-refractivity contribution >= 4 is 24.0 Å². The highest BCUT2D eigenvalue weighted by atomic mass is 32.2. The maximum absolute atomic E-state index is 4.12. The average molecular weight is 130 g/mol. The number of hydrogen-bond acceptors (Lipinski definition) is 2. The Morgan fingerprint density at radius 2 is 2.43 bits per heavy atom. The molecule has 0 fully saturated rings. The molecule has 0 bridgehead atoms. The lowest BCUT2D eigenvalue weighted by Crippen LogP contribution is -1.50. The topological polar surface area (TPSA) is 0 Å². The first-order chi connectivity index (χ1) is 3.29. The Hall–Kier alpha value is 0.0500. The van der Waals surface area contributed by atoms with Crippen LogP contribution in [0.4, 0.5) is 0 Å². The Kier molecular flexibility index (Phi) is 1.40. The Bertz CT molecular complexity index is 138. The SMILES string of the molecule is Cc1csc(S)c1. The summed E-state index contributed by atoms with van der Waals surface area (Å²) in [4.78, 5) is 0. The molecule has 38 valence electrons. The molecule has 0 nitrogen and oxygen atoms in total. The lowest BCUT2D eigenvalue weighted by atomic mass is 10.4. The van der Waals surface area contributed by atoms with Gasteiger partial charge >= 0.3 is 0 Å². The molecule has 0 radical (unpaired) electrons. The van der Waals surface area contributed by atoms with Gasteiger partial charge < -0.3 is 0 Å². The van der Waals surface area contributed by atoms with Crippen molar-refractivity contribution in [2.75, 3.05) is 0 Å². The Balaban J connectivity index is 3.04. The van der Waals surface area contributed by atoms with Crippen molar-refractivity contribution < 1.29 is 0 Å². The maximum atomic E-state index is 4.12. The van der Waals surface area contributed by atoms with Gasteiger partial charge in [-0.25, -0.2) is 0 Å². The summed E-state index contributed by atoms with van der Waals surface area (Å²) in [6.07, 6.45) is 0. The van der Waals surface area contributed by atoms with Gasteiger partial charge in [0.15, 0.2) is 0 Å². The highest BCUT2D eigenvalue weighted by molar-refractivity contribution is 7.82. The van der Waals surface area contributed by atoms with Gasteiger partial charge in [-0.3, -0.25) is 0 Å². The van der Waals surface area contributed by atoms with Crippen LogP contribution in [0.1, 0.15) is 5.56 Å². The van der Waals surface area contributed by atoms with E-state index < -0.39 is 0 Å². The fraction of sp³-hybridized carbons (Fsp3) is 0.200. The van der Waals surface area contributed by atoms with Crippen LogP contribution in [-0.4, -0.2) is 0 Å². The van der Waals surface area contributed by atoms with Crippen LogP contribution in [0.25, 0.3) is 0 Å². The molecule has 0 N–H and O–H groups in total. The predicted molar refractivity (Wildman–Crippen MR) is 36.3 cm³/mol. The zero-order chi connectivity index (χ0) is 5.28. The minimum Gasteiger partial charge on any atom is -0.137 e. The van der Waals surface area contributed by atoms with Gasteiger partial charge in [-0.05, 0) is 23.9 Å². The number of thiophene rings is 1. The van der Waals surface area contributed by atoms with E-state index in [4.69, 9.17) is 0 Å². The van der Waals surface area contributed by atoms with Gasteiger partial charge in [-0.15, -0.1) is 24.0 Å². The largest absolute Gasteiger partial charge is 0.137 e. The van der Waals surface area contributed by atoms with E-state index in [1.54, 1.807) is 11.3 Å². The van der Waals surface area contributed by atoms with Crippen LogP contribution >= 0.6 is 24.0 Å². The third-order valence-electron chi connectivity index (χ3n) is 0.717. The van der Waals surface area contributed by atoms with Crippen LogP contribution in [-0.2, 0) is 0 Å². The van der Waals surface area contributed by atoms with E-state index in [0.717, 1.165) is 4.21 Å². The first kappa shape index (κ1) is 5.19. The second-order valence-corrected chi connectivity index (χ2v) is 3.16. The lowest BCUT2D eigenvalue weighted by molar-refractivity contribution is 1.52. The molecule has 0 saturated carbocycles. The van der Waals surface area contributed by atoms with Crippen molar-refractivity contribution in [3.05, 3.63) is 17.0 Å². The highest BCUT2D eigenvalue weighted by Gasteiger charge is 1.85. The lowest BCUT2D eigenvalue weighted by Gasteiger charge is -1.69. The van der Waals surface area contributed by atoms with Crippen molar-refractivity contribution in [3.8, 4) is 0 Å². The van der Waals surface area contributed by atoms with E-state index in [9.17, 15) is 0 Å². The van der Waals surface area contributed by atoms with Crippen LogP contribution in [0.5, 0.6) is 0 Å². The monoisotopic (exact) mass is 130 g/mol. The summed E-state index contributed by atoms with van der Waals surface area (Å²) in [5, 5.41) is 2.09. The normalized spacial score (nSPS) is 9.43. The molecule has 2 heteroatoms. The number of hydrogen-bond donors (Lipinski definition) is 1. The molecule has 7 heavy (non-hydrogen) atoms. The molecule has 0 spiro atoms. The molecule has 0 aliphatic rings. The Morgan fingerprint density at radius 1 is 1.71 bits per heavy atom. The second kappa shape index (κ2) is 1.88. The molecule has 0 atom stereocenters. The number of rotatable bonds is 0. The molecular weight excluding hydrogens is 124 g/mol. The summed E-state index contributed by atoms with van der Waals surface area (Å²) in [5.74, 6) is 0. The van der Waals surface area contributed by atoms with E-state index >= 15 is 0 Å². The van der Waals surface area contributed by atoms with Crippen LogP contribution < -0.4 is 0 Å². The van der Waals surface area contributed by atoms with E-state index in [2.05, 4.69) is 24.9 Å². The van der Waals surface area contributed by atoms with Crippen molar-refractivity contribution in [2.24, 2.45) is 0 Å². The molecule has 1 aromatic rings. The summed E-state index contributed by atoms with van der Waals surface area (Å²) >= 11 is 5.79. The standard InChI is InChI=1S/C5H6S2/c1-4-2-5(6)7-3-4/h2-3,6H,1H3. The second-order valence-electron chi connectivity index (χ2n) is 1.46. The van der Waals surface area contributed by atoms with Gasteiger partial charge in [0, 0.05) is 0 Å². The zero-order valence-corrected chi connectivity index (χ0v) is 5.72. The van der Waals surface area contributed by atoms with Gasteiger partial charge in [0.25, 0.3) is 0 Å². The van der Waals surface area contributed by atoms with Crippen LogP contribution in [0.3, 0.4) is 0 Å².